The van der Waals surface area contributed by atoms with Gasteiger partial charge in [-0.05, 0) is 30.5 Å². The maximum absolute atomic E-state index is 11.5. The van der Waals surface area contributed by atoms with Crippen molar-refractivity contribution in [2.45, 2.75) is 33.1 Å². The van der Waals surface area contributed by atoms with Crippen LogP contribution in [0.1, 0.15) is 32.3 Å². The molecule has 0 radical (unpaired) electrons. The van der Waals surface area contributed by atoms with Gasteiger partial charge in [-0.15, -0.1) is 0 Å². The van der Waals surface area contributed by atoms with Gasteiger partial charge in [0.1, 0.15) is 11.3 Å². The highest BCUT2D eigenvalue weighted by Gasteiger charge is 2.06. The van der Waals surface area contributed by atoms with Crippen molar-refractivity contribution < 1.29 is 9.15 Å². The van der Waals surface area contributed by atoms with Crippen LogP contribution in [0.2, 0.25) is 0 Å². The van der Waals surface area contributed by atoms with E-state index in [4.69, 9.17) is 9.15 Å². The minimum Gasteiger partial charge on any atom is -0.493 e. The van der Waals surface area contributed by atoms with Crippen molar-refractivity contribution in [3.05, 3.63) is 40.2 Å². The Morgan fingerprint density at radius 3 is 2.72 bits per heavy atom. The minimum atomic E-state index is -0.293. The van der Waals surface area contributed by atoms with Crippen LogP contribution in [-0.2, 0) is 6.42 Å². The quantitative estimate of drug-likeness (QED) is 0.757. The lowest BCUT2D eigenvalue weighted by Crippen LogP contribution is -2.01. The molecule has 3 heteroatoms. The smallest absolute Gasteiger partial charge is 0.336 e. The molecular formula is C15H18O3. The maximum Gasteiger partial charge on any atom is 0.336 e. The maximum atomic E-state index is 11.5. The fraction of sp³-hybridized carbons (Fsp3) is 0.400. The number of hydrogen-bond acceptors (Lipinski definition) is 3. The monoisotopic (exact) mass is 246 g/mol. The number of fused-ring (bicyclic) bond motifs is 1. The summed E-state index contributed by atoms with van der Waals surface area (Å²) in [5.41, 5.74) is 1.36. The van der Waals surface area contributed by atoms with Gasteiger partial charge in [-0.1, -0.05) is 20.3 Å². The van der Waals surface area contributed by atoms with Crippen LogP contribution in [-0.4, -0.2) is 6.61 Å². The molecule has 0 aliphatic rings. The van der Waals surface area contributed by atoms with E-state index in [0.29, 0.717) is 12.2 Å². The first-order valence-electron chi connectivity index (χ1n) is 6.44. The zero-order valence-corrected chi connectivity index (χ0v) is 10.9. The summed E-state index contributed by atoms with van der Waals surface area (Å²) in [6.07, 6.45) is 2.85. The Kier molecular flexibility index (Phi) is 4.03. The van der Waals surface area contributed by atoms with E-state index in [9.17, 15) is 4.79 Å². The highest BCUT2D eigenvalue weighted by Crippen LogP contribution is 2.23. The van der Waals surface area contributed by atoms with E-state index >= 15 is 0 Å². The Labute approximate surface area is 106 Å². The fourth-order valence-corrected chi connectivity index (χ4v) is 2.00. The Morgan fingerprint density at radius 2 is 2.00 bits per heavy atom. The molecule has 0 aliphatic carbocycles. The SMILES string of the molecule is CCCOc1ccc2c(CCC)cc(=O)oc2c1. The fourth-order valence-electron chi connectivity index (χ4n) is 2.00. The topological polar surface area (TPSA) is 39.4 Å². The van der Waals surface area contributed by atoms with Crippen molar-refractivity contribution in [2.75, 3.05) is 6.61 Å². The van der Waals surface area contributed by atoms with E-state index in [1.54, 1.807) is 12.1 Å². The van der Waals surface area contributed by atoms with Crippen LogP contribution in [0.15, 0.2) is 33.5 Å². The van der Waals surface area contributed by atoms with Gasteiger partial charge in [0.25, 0.3) is 0 Å². The summed E-state index contributed by atoms with van der Waals surface area (Å²) in [5.74, 6) is 0.751. The zero-order chi connectivity index (χ0) is 13.0. The van der Waals surface area contributed by atoms with Gasteiger partial charge in [0, 0.05) is 17.5 Å². The number of aryl methyl sites for hydroxylation is 1. The van der Waals surface area contributed by atoms with E-state index in [1.165, 1.54) is 0 Å². The molecular weight excluding hydrogens is 228 g/mol. The van der Waals surface area contributed by atoms with E-state index in [-0.39, 0.29) is 5.63 Å². The Morgan fingerprint density at radius 1 is 1.17 bits per heavy atom. The first kappa shape index (κ1) is 12.7. The summed E-state index contributed by atoms with van der Waals surface area (Å²) in [5, 5.41) is 1.00. The van der Waals surface area contributed by atoms with Gasteiger partial charge in [0.05, 0.1) is 6.61 Å². The molecule has 3 nitrogen and oxygen atoms in total. The van der Waals surface area contributed by atoms with Crippen molar-refractivity contribution in [1.82, 2.24) is 0 Å². The van der Waals surface area contributed by atoms with Gasteiger partial charge in [-0.25, -0.2) is 4.79 Å². The first-order valence-corrected chi connectivity index (χ1v) is 6.44. The average Bonchev–Trinajstić information content (AvgIpc) is 2.36. The molecule has 1 heterocycles. The Bertz CT molecular complexity index is 584. The third kappa shape index (κ3) is 2.73. The van der Waals surface area contributed by atoms with Crippen LogP contribution in [0, 0.1) is 0 Å². The lowest BCUT2D eigenvalue weighted by Gasteiger charge is -2.07. The molecule has 18 heavy (non-hydrogen) atoms. The lowest BCUT2D eigenvalue weighted by atomic mass is 10.1. The summed E-state index contributed by atoms with van der Waals surface area (Å²) < 4.78 is 10.8. The van der Waals surface area contributed by atoms with Crippen LogP contribution < -0.4 is 10.4 Å². The second kappa shape index (κ2) is 5.71. The minimum absolute atomic E-state index is 0.293. The highest BCUT2D eigenvalue weighted by atomic mass is 16.5. The van der Waals surface area contributed by atoms with Gasteiger partial charge in [-0.2, -0.15) is 0 Å². The molecule has 1 aromatic heterocycles. The van der Waals surface area contributed by atoms with Gasteiger partial charge >= 0.3 is 5.63 Å². The number of benzene rings is 1. The molecule has 96 valence electrons. The van der Waals surface area contributed by atoms with Crippen LogP contribution in [0.3, 0.4) is 0 Å². The van der Waals surface area contributed by atoms with Crippen molar-refractivity contribution in [1.29, 1.82) is 0 Å². The number of hydrogen-bond donors (Lipinski definition) is 0. The molecule has 2 aromatic rings. The van der Waals surface area contributed by atoms with E-state index < -0.39 is 0 Å². The van der Waals surface area contributed by atoms with Crippen LogP contribution in [0.4, 0.5) is 0 Å². The first-order chi connectivity index (χ1) is 8.74. The predicted octanol–water partition coefficient (Wildman–Crippen LogP) is 3.53. The van der Waals surface area contributed by atoms with Crippen LogP contribution in [0.25, 0.3) is 11.0 Å². The van der Waals surface area contributed by atoms with E-state index in [1.807, 2.05) is 12.1 Å². The molecule has 0 unspecified atom stereocenters. The summed E-state index contributed by atoms with van der Waals surface area (Å²) >= 11 is 0. The molecule has 0 spiro atoms. The van der Waals surface area contributed by atoms with Crippen molar-refractivity contribution in [3.8, 4) is 5.75 Å². The third-order valence-corrected chi connectivity index (χ3v) is 2.79. The second-order valence-electron chi connectivity index (χ2n) is 4.35. The zero-order valence-electron chi connectivity index (χ0n) is 10.9. The number of ether oxygens (including phenoxy) is 1. The van der Waals surface area contributed by atoms with Crippen molar-refractivity contribution >= 4 is 11.0 Å². The molecule has 0 fully saturated rings. The van der Waals surface area contributed by atoms with Gasteiger partial charge in [0.15, 0.2) is 0 Å². The Hall–Kier alpha value is -1.77. The average molecular weight is 246 g/mol. The highest BCUT2D eigenvalue weighted by molar-refractivity contribution is 5.81. The molecule has 0 N–H and O–H groups in total. The lowest BCUT2D eigenvalue weighted by molar-refractivity contribution is 0.317. The molecule has 0 amide bonds. The standard InChI is InChI=1S/C15H18O3/c1-3-5-11-9-15(16)18-14-10-12(17-8-4-2)6-7-13(11)14/h6-7,9-10H,3-5,8H2,1-2H3. The number of rotatable bonds is 5. The third-order valence-electron chi connectivity index (χ3n) is 2.79. The van der Waals surface area contributed by atoms with Gasteiger partial charge < -0.3 is 9.15 Å². The van der Waals surface area contributed by atoms with Crippen LogP contribution in [0.5, 0.6) is 5.75 Å². The molecule has 0 bridgehead atoms. The van der Waals surface area contributed by atoms with E-state index in [0.717, 1.165) is 36.0 Å². The second-order valence-corrected chi connectivity index (χ2v) is 4.35. The van der Waals surface area contributed by atoms with Gasteiger partial charge in [0.2, 0.25) is 0 Å². The normalized spacial score (nSPS) is 10.8. The summed E-state index contributed by atoms with van der Waals surface area (Å²) in [6.45, 7) is 4.82. The molecule has 2 rings (SSSR count). The summed E-state index contributed by atoms with van der Waals surface area (Å²) in [6, 6.07) is 7.27. The van der Waals surface area contributed by atoms with Gasteiger partial charge in [-0.3, -0.25) is 0 Å². The summed E-state index contributed by atoms with van der Waals surface area (Å²) in [7, 11) is 0. The van der Waals surface area contributed by atoms with Crippen LogP contribution >= 0.6 is 0 Å². The molecule has 0 aliphatic heterocycles. The molecule has 0 atom stereocenters. The molecule has 1 aromatic carbocycles. The van der Waals surface area contributed by atoms with Crippen molar-refractivity contribution in [3.63, 3.8) is 0 Å². The molecule has 0 saturated heterocycles. The Balaban J connectivity index is 2.46. The molecule has 0 saturated carbocycles. The predicted molar refractivity (Wildman–Crippen MR) is 72.3 cm³/mol. The largest absolute Gasteiger partial charge is 0.493 e. The van der Waals surface area contributed by atoms with E-state index in [2.05, 4.69) is 13.8 Å². The van der Waals surface area contributed by atoms with Crippen molar-refractivity contribution in [2.24, 2.45) is 0 Å². The summed E-state index contributed by atoms with van der Waals surface area (Å²) in [4.78, 5) is 11.5.